The lowest BCUT2D eigenvalue weighted by molar-refractivity contribution is -0.137. The third-order valence-corrected chi connectivity index (χ3v) is 4.50. The lowest BCUT2D eigenvalue weighted by Crippen LogP contribution is -2.43. The van der Waals surface area contributed by atoms with Crippen LogP contribution < -0.4 is 4.90 Å². The Labute approximate surface area is 138 Å². The van der Waals surface area contributed by atoms with Crippen molar-refractivity contribution in [2.45, 2.75) is 38.5 Å². The molecular formula is C18H17F3N2O. The number of alkyl halides is 3. The van der Waals surface area contributed by atoms with Crippen molar-refractivity contribution in [3.63, 3.8) is 0 Å². The van der Waals surface area contributed by atoms with Gasteiger partial charge >= 0.3 is 6.18 Å². The molecule has 0 amide bonds. The van der Waals surface area contributed by atoms with Crippen molar-refractivity contribution >= 4 is 12.0 Å². The predicted molar refractivity (Wildman–Crippen MR) is 84.9 cm³/mol. The van der Waals surface area contributed by atoms with Crippen molar-refractivity contribution in [3.8, 4) is 0 Å². The van der Waals surface area contributed by atoms with E-state index in [0.717, 1.165) is 28.9 Å². The van der Waals surface area contributed by atoms with Gasteiger partial charge in [0, 0.05) is 12.2 Å². The molecule has 1 aromatic carbocycles. The quantitative estimate of drug-likeness (QED) is 0.775. The van der Waals surface area contributed by atoms with Gasteiger partial charge < -0.3 is 9.69 Å². The van der Waals surface area contributed by atoms with Gasteiger partial charge in [-0.2, -0.15) is 13.2 Å². The molecule has 0 aliphatic carbocycles. The minimum Gasteiger partial charge on any atom is -0.353 e. The van der Waals surface area contributed by atoms with Gasteiger partial charge in [-0.25, -0.2) is 0 Å². The number of anilines is 1. The largest absolute Gasteiger partial charge is 0.416 e. The first-order chi connectivity index (χ1) is 11.3. The molecule has 0 bridgehead atoms. The molecule has 3 rings (SSSR count). The first-order valence-electron chi connectivity index (χ1n) is 7.67. The Kier molecular flexibility index (Phi) is 4.07. The average Bonchev–Trinajstić information content (AvgIpc) is 2.53. The van der Waals surface area contributed by atoms with Crippen LogP contribution in [0.1, 0.15) is 35.2 Å². The van der Waals surface area contributed by atoms with E-state index in [0.29, 0.717) is 18.3 Å². The maximum atomic E-state index is 13.0. The summed E-state index contributed by atoms with van der Waals surface area (Å²) in [4.78, 5) is 17.7. The van der Waals surface area contributed by atoms with Crippen LogP contribution in [0, 0.1) is 6.92 Å². The van der Waals surface area contributed by atoms with Crippen molar-refractivity contribution < 1.29 is 18.0 Å². The monoisotopic (exact) mass is 334 g/mol. The molecule has 1 aliphatic rings. The summed E-state index contributed by atoms with van der Waals surface area (Å²) in [6.45, 7) is 3.86. The summed E-state index contributed by atoms with van der Waals surface area (Å²) in [7, 11) is 0. The lowest BCUT2D eigenvalue weighted by atomic mass is 9.87. The molecule has 1 aromatic heterocycles. The molecule has 0 fully saturated rings. The maximum Gasteiger partial charge on any atom is 0.416 e. The van der Waals surface area contributed by atoms with E-state index in [4.69, 9.17) is 0 Å². The SMILES string of the molecule is Cc1ccncc1N1C(C)Cc2ccc(C(F)(F)F)cc2C1C=O. The standard InChI is InChI=1S/C18H17F3N2O/c1-11-5-6-22-9-16(11)23-12(2)7-13-3-4-14(18(19,20)21)8-15(13)17(23)10-24/h3-6,8-10,12,17H,7H2,1-2H3. The minimum atomic E-state index is -4.43. The minimum absolute atomic E-state index is 0.0210. The van der Waals surface area contributed by atoms with E-state index in [2.05, 4.69) is 4.98 Å². The molecule has 6 heteroatoms. The molecule has 1 aliphatic heterocycles. The average molecular weight is 334 g/mol. The third-order valence-electron chi connectivity index (χ3n) is 4.50. The molecule has 0 radical (unpaired) electrons. The molecule has 0 spiro atoms. The van der Waals surface area contributed by atoms with E-state index in [1.807, 2.05) is 24.8 Å². The molecule has 2 aromatic rings. The van der Waals surface area contributed by atoms with Gasteiger partial charge in [0.2, 0.25) is 0 Å². The fraction of sp³-hybridized carbons (Fsp3) is 0.333. The zero-order chi connectivity index (χ0) is 17.5. The summed E-state index contributed by atoms with van der Waals surface area (Å²) in [5.74, 6) is 0. The number of nitrogens with zero attached hydrogens (tertiary/aromatic N) is 2. The number of pyridine rings is 1. The van der Waals surface area contributed by atoms with Gasteiger partial charge in [-0.15, -0.1) is 0 Å². The second-order valence-corrected chi connectivity index (χ2v) is 6.11. The number of rotatable bonds is 2. The van der Waals surface area contributed by atoms with E-state index in [9.17, 15) is 18.0 Å². The van der Waals surface area contributed by atoms with Crippen LogP contribution in [0.2, 0.25) is 0 Å². The highest BCUT2D eigenvalue weighted by Crippen LogP contribution is 2.39. The number of carbonyl (C=O) groups is 1. The topological polar surface area (TPSA) is 33.2 Å². The highest BCUT2D eigenvalue weighted by atomic mass is 19.4. The summed E-state index contributed by atoms with van der Waals surface area (Å²) in [6, 6.07) is 4.71. The summed E-state index contributed by atoms with van der Waals surface area (Å²) < 4.78 is 39.1. The van der Waals surface area contributed by atoms with Gasteiger partial charge in [-0.1, -0.05) is 6.07 Å². The van der Waals surface area contributed by atoms with E-state index in [1.54, 1.807) is 12.4 Å². The first-order valence-corrected chi connectivity index (χ1v) is 7.67. The Hall–Kier alpha value is -2.37. The smallest absolute Gasteiger partial charge is 0.353 e. The normalized spacial score (nSPS) is 20.6. The zero-order valence-corrected chi connectivity index (χ0v) is 13.3. The molecule has 3 nitrogen and oxygen atoms in total. The van der Waals surface area contributed by atoms with E-state index >= 15 is 0 Å². The van der Waals surface area contributed by atoms with Crippen LogP contribution in [0.4, 0.5) is 18.9 Å². The van der Waals surface area contributed by atoms with Crippen LogP contribution in [0.5, 0.6) is 0 Å². The van der Waals surface area contributed by atoms with Crippen molar-refractivity contribution in [3.05, 3.63) is 58.9 Å². The van der Waals surface area contributed by atoms with Gasteiger partial charge in [0.25, 0.3) is 0 Å². The zero-order valence-electron chi connectivity index (χ0n) is 13.3. The van der Waals surface area contributed by atoms with Crippen molar-refractivity contribution in [2.75, 3.05) is 4.90 Å². The Bertz CT molecular complexity index is 773. The summed E-state index contributed by atoms with van der Waals surface area (Å²) in [5.41, 5.74) is 2.17. The molecule has 0 saturated heterocycles. The highest BCUT2D eigenvalue weighted by Gasteiger charge is 2.36. The Morgan fingerprint density at radius 2 is 2.04 bits per heavy atom. The number of hydrogen-bond acceptors (Lipinski definition) is 3. The fourth-order valence-corrected chi connectivity index (χ4v) is 3.33. The molecule has 2 heterocycles. The Morgan fingerprint density at radius 1 is 1.29 bits per heavy atom. The van der Waals surface area contributed by atoms with Crippen molar-refractivity contribution in [1.29, 1.82) is 0 Å². The van der Waals surface area contributed by atoms with Crippen LogP contribution in [0.25, 0.3) is 0 Å². The van der Waals surface area contributed by atoms with Crippen LogP contribution in [-0.2, 0) is 17.4 Å². The number of carbonyl (C=O) groups excluding carboxylic acids is 1. The Morgan fingerprint density at radius 3 is 2.67 bits per heavy atom. The fourth-order valence-electron chi connectivity index (χ4n) is 3.33. The molecule has 0 saturated carbocycles. The number of hydrogen-bond donors (Lipinski definition) is 0. The number of halogens is 3. The lowest BCUT2D eigenvalue weighted by Gasteiger charge is -2.41. The van der Waals surface area contributed by atoms with Crippen molar-refractivity contribution in [1.82, 2.24) is 4.98 Å². The number of fused-ring (bicyclic) bond motifs is 1. The van der Waals surface area contributed by atoms with Gasteiger partial charge in [0.1, 0.15) is 12.3 Å². The summed E-state index contributed by atoms with van der Waals surface area (Å²) in [5, 5.41) is 0. The van der Waals surface area contributed by atoms with E-state index in [-0.39, 0.29) is 6.04 Å². The Balaban J connectivity index is 2.13. The van der Waals surface area contributed by atoms with Gasteiger partial charge in [0.15, 0.2) is 0 Å². The van der Waals surface area contributed by atoms with Gasteiger partial charge in [-0.05, 0) is 55.2 Å². The van der Waals surface area contributed by atoms with E-state index < -0.39 is 17.8 Å². The molecule has 2 atom stereocenters. The number of benzene rings is 1. The predicted octanol–water partition coefficient (Wildman–Crippen LogP) is 4.10. The third kappa shape index (κ3) is 2.77. The molecular weight excluding hydrogens is 317 g/mol. The molecule has 2 unspecified atom stereocenters. The molecule has 126 valence electrons. The van der Waals surface area contributed by atoms with Gasteiger partial charge in [-0.3, -0.25) is 4.98 Å². The number of aromatic nitrogens is 1. The van der Waals surface area contributed by atoms with Gasteiger partial charge in [0.05, 0.1) is 17.4 Å². The molecule has 24 heavy (non-hydrogen) atoms. The van der Waals surface area contributed by atoms with Crippen LogP contribution >= 0.6 is 0 Å². The van der Waals surface area contributed by atoms with E-state index in [1.165, 1.54) is 6.07 Å². The second kappa shape index (κ2) is 5.92. The number of aryl methyl sites for hydroxylation is 1. The summed E-state index contributed by atoms with van der Waals surface area (Å²) >= 11 is 0. The highest BCUT2D eigenvalue weighted by molar-refractivity contribution is 5.73. The second-order valence-electron chi connectivity index (χ2n) is 6.11. The molecule has 0 N–H and O–H groups in total. The van der Waals surface area contributed by atoms with Crippen LogP contribution in [-0.4, -0.2) is 17.3 Å². The number of aldehydes is 1. The maximum absolute atomic E-state index is 13.0. The van der Waals surface area contributed by atoms with Crippen LogP contribution in [0.15, 0.2) is 36.7 Å². The van der Waals surface area contributed by atoms with Crippen LogP contribution in [0.3, 0.4) is 0 Å². The first kappa shape index (κ1) is 16.5. The van der Waals surface area contributed by atoms with Crippen molar-refractivity contribution in [2.24, 2.45) is 0 Å². The summed E-state index contributed by atoms with van der Waals surface area (Å²) in [6.07, 6.45) is 0.161.